The van der Waals surface area contributed by atoms with Crippen molar-refractivity contribution >= 4 is 39.2 Å². The van der Waals surface area contributed by atoms with Gasteiger partial charge in [-0.25, -0.2) is 4.98 Å². The van der Waals surface area contributed by atoms with E-state index in [2.05, 4.69) is 10.3 Å². The zero-order chi connectivity index (χ0) is 15.2. The van der Waals surface area contributed by atoms with Gasteiger partial charge in [-0.15, -0.1) is 11.3 Å². The van der Waals surface area contributed by atoms with E-state index in [4.69, 9.17) is 0 Å². The second kappa shape index (κ2) is 7.61. The minimum absolute atomic E-state index is 0.00619. The zero-order valence-corrected chi connectivity index (χ0v) is 13.9. The highest BCUT2D eigenvalue weighted by molar-refractivity contribution is 7.99. The number of amides is 1. The molecule has 0 atom stereocenters. The van der Waals surface area contributed by atoms with Gasteiger partial charge in [-0.1, -0.05) is 25.6 Å². The number of aromatic nitrogens is 2. The highest BCUT2D eigenvalue weighted by Gasteiger charge is 2.13. The topological polar surface area (TPSA) is 64.0 Å². The van der Waals surface area contributed by atoms with Crippen molar-refractivity contribution in [1.82, 2.24) is 14.9 Å². The molecule has 0 aliphatic heterocycles. The lowest BCUT2D eigenvalue weighted by atomic mass is 10.4. The Morgan fingerprint density at radius 3 is 2.95 bits per heavy atom. The summed E-state index contributed by atoms with van der Waals surface area (Å²) in [5.41, 5.74) is 0.710. The van der Waals surface area contributed by atoms with E-state index in [0.717, 1.165) is 12.8 Å². The predicted octanol–water partition coefficient (Wildman–Crippen LogP) is 2.49. The number of hydrogen-bond acceptors (Lipinski definition) is 5. The van der Waals surface area contributed by atoms with Crippen molar-refractivity contribution in [1.29, 1.82) is 0 Å². The van der Waals surface area contributed by atoms with Crippen LogP contribution in [0.15, 0.2) is 21.4 Å². The highest BCUT2D eigenvalue weighted by Crippen LogP contribution is 2.20. The Hall–Kier alpha value is -1.34. The third-order valence-electron chi connectivity index (χ3n) is 2.88. The van der Waals surface area contributed by atoms with Crippen molar-refractivity contribution in [2.75, 3.05) is 12.3 Å². The maximum Gasteiger partial charge on any atom is 0.272 e. The molecule has 0 bridgehead atoms. The summed E-state index contributed by atoms with van der Waals surface area (Å²) in [5.74, 6) is 0.260. The van der Waals surface area contributed by atoms with E-state index in [0.29, 0.717) is 28.5 Å². The second-order valence-electron chi connectivity index (χ2n) is 4.62. The summed E-state index contributed by atoms with van der Waals surface area (Å²) in [6.07, 6.45) is 1.77. The molecule has 7 heteroatoms. The molecule has 0 unspecified atom stereocenters. The summed E-state index contributed by atoms with van der Waals surface area (Å²) in [6, 6.07) is 1.85. The number of nitrogens with one attached hydrogen (secondary N) is 1. The first-order valence-electron chi connectivity index (χ1n) is 7.04. The first kappa shape index (κ1) is 16.0. The van der Waals surface area contributed by atoms with E-state index >= 15 is 0 Å². The molecular weight excluding hydrogens is 306 g/mol. The first-order valence-corrected chi connectivity index (χ1v) is 8.91. The first-order chi connectivity index (χ1) is 10.2. The van der Waals surface area contributed by atoms with Gasteiger partial charge in [-0.3, -0.25) is 14.2 Å². The van der Waals surface area contributed by atoms with Crippen LogP contribution in [0.4, 0.5) is 0 Å². The van der Waals surface area contributed by atoms with Gasteiger partial charge >= 0.3 is 0 Å². The van der Waals surface area contributed by atoms with Crippen molar-refractivity contribution in [3.8, 4) is 0 Å². The number of rotatable bonds is 7. The Balaban J connectivity index is 2.23. The Morgan fingerprint density at radius 1 is 1.43 bits per heavy atom. The maximum atomic E-state index is 12.4. The van der Waals surface area contributed by atoms with Crippen LogP contribution in [0, 0.1) is 0 Å². The van der Waals surface area contributed by atoms with Crippen LogP contribution in [0.3, 0.4) is 0 Å². The number of fused-ring (bicyclic) bond motifs is 1. The Morgan fingerprint density at radius 2 is 2.24 bits per heavy atom. The minimum atomic E-state index is -0.0236. The standard InChI is InChI=1S/C14H19N3O2S2/c1-3-6-15-11(18)9-21-14-16-10-5-8-20-12(10)13(19)17(14)7-4-2/h5,8H,3-4,6-7,9H2,1-2H3,(H,15,18). The average molecular weight is 325 g/mol. The van der Waals surface area contributed by atoms with E-state index in [-0.39, 0.29) is 17.2 Å². The number of carbonyl (C=O) groups is 1. The molecule has 2 aromatic rings. The van der Waals surface area contributed by atoms with Crippen molar-refractivity contribution in [2.45, 2.75) is 38.4 Å². The van der Waals surface area contributed by atoms with Gasteiger partial charge in [0.05, 0.1) is 11.3 Å². The summed E-state index contributed by atoms with van der Waals surface area (Å²) in [7, 11) is 0. The molecular formula is C14H19N3O2S2. The predicted molar refractivity (Wildman–Crippen MR) is 88.2 cm³/mol. The average Bonchev–Trinajstić information content (AvgIpc) is 2.95. The molecule has 5 nitrogen and oxygen atoms in total. The lowest BCUT2D eigenvalue weighted by molar-refractivity contribution is -0.118. The monoisotopic (exact) mass is 325 g/mol. The van der Waals surface area contributed by atoms with Gasteiger partial charge in [0.15, 0.2) is 5.16 Å². The van der Waals surface area contributed by atoms with Crippen molar-refractivity contribution in [3.63, 3.8) is 0 Å². The Kier molecular flexibility index (Phi) is 5.81. The fraction of sp³-hybridized carbons (Fsp3) is 0.500. The van der Waals surface area contributed by atoms with Gasteiger partial charge in [0, 0.05) is 13.1 Å². The second-order valence-corrected chi connectivity index (χ2v) is 6.48. The van der Waals surface area contributed by atoms with E-state index in [1.54, 1.807) is 4.57 Å². The van der Waals surface area contributed by atoms with Crippen LogP contribution >= 0.6 is 23.1 Å². The third kappa shape index (κ3) is 3.85. The number of thioether (sulfide) groups is 1. The lowest BCUT2D eigenvalue weighted by Crippen LogP contribution is -2.27. The van der Waals surface area contributed by atoms with E-state index in [1.165, 1.54) is 23.1 Å². The van der Waals surface area contributed by atoms with Crippen LogP contribution in [0.25, 0.3) is 10.2 Å². The molecule has 0 saturated heterocycles. The number of thiophene rings is 1. The summed E-state index contributed by atoms with van der Waals surface area (Å²) in [5, 5.41) is 5.33. The molecule has 0 saturated carbocycles. The zero-order valence-electron chi connectivity index (χ0n) is 12.2. The number of nitrogens with zero attached hydrogens (tertiary/aromatic N) is 2. The summed E-state index contributed by atoms with van der Waals surface area (Å²) >= 11 is 2.74. The van der Waals surface area contributed by atoms with E-state index < -0.39 is 0 Å². The number of hydrogen-bond donors (Lipinski definition) is 1. The molecule has 0 fully saturated rings. The molecule has 1 amide bonds. The van der Waals surface area contributed by atoms with Crippen LogP contribution in [0.5, 0.6) is 0 Å². The molecule has 0 radical (unpaired) electrons. The lowest BCUT2D eigenvalue weighted by Gasteiger charge is -2.10. The summed E-state index contributed by atoms with van der Waals surface area (Å²) < 4.78 is 2.36. The molecule has 114 valence electrons. The molecule has 21 heavy (non-hydrogen) atoms. The van der Waals surface area contributed by atoms with Gasteiger partial charge in [-0.2, -0.15) is 0 Å². The van der Waals surface area contributed by atoms with Gasteiger partial charge in [0.2, 0.25) is 5.91 Å². The van der Waals surface area contributed by atoms with Crippen LogP contribution in [-0.4, -0.2) is 27.8 Å². The molecule has 0 aliphatic rings. The van der Waals surface area contributed by atoms with Crippen LogP contribution < -0.4 is 10.9 Å². The number of carbonyl (C=O) groups excluding carboxylic acids is 1. The quantitative estimate of drug-likeness (QED) is 0.627. The van der Waals surface area contributed by atoms with E-state index in [9.17, 15) is 9.59 Å². The minimum Gasteiger partial charge on any atom is -0.355 e. The maximum absolute atomic E-state index is 12.4. The van der Waals surface area contributed by atoms with Gasteiger partial charge < -0.3 is 5.32 Å². The molecule has 2 aromatic heterocycles. The fourth-order valence-electron chi connectivity index (χ4n) is 1.90. The Bertz CT molecular complexity index is 678. The Labute approximate surface area is 131 Å². The third-order valence-corrected chi connectivity index (χ3v) is 4.75. The van der Waals surface area contributed by atoms with E-state index in [1.807, 2.05) is 25.3 Å². The smallest absolute Gasteiger partial charge is 0.272 e. The van der Waals surface area contributed by atoms with Gasteiger partial charge in [0.1, 0.15) is 4.70 Å². The molecule has 0 aromatic carbocycles. The molecule has 2 heterocycles. The molecule has 1 N–H and O–H groups in total. The van der Waals surface area contributed by atoms with Crippen LogP contribution in [0.2, 0.25) is 0 Å². The normalized spacial score (nSPS) is 11.0. The van der Waals surface area contributed by atoms with Crippen molar-refractivity contribution in [2.24, 2.45) is 0 Å². The summed E-state index contributed by atoms with van der Waals surface area (Å²) in [4.78, 5) is 28.7. The largest absolute Gasteiger partial charge is 0.355 e. The molecule has 2 rings (SSSR count). The van der Waals surface area contributed by atoms with Gasteiger partial charge in [-0.05, 0) is 24.3 Å². The van der Waals surface area contributed by atoms with Crippen molar-refractivity contribution < 1.29 is 4.79 Å². The highest BCUT2D eigenvalue weighted by atomic mass is 32.2. The fourth-order valence-corrected chi connectivity index (χ4v) is 3.53. The van der Waals surface area contributed by atoms with Crippen molar-refractivity contribution in [3.05, 3.63) is 21.8 Å². The van der Waals surface area contributed by atoms with Gasteiger partial charge in [0.25, 0.3) is 5.56 Å². The SMILES string of the molecule is CCCNC(=O)CSc1nc2ccsc2c(=O)n1CCC. The van der Waals surface area contributed by atoms with Crippen LogP contribution in [-0.2, 0) is 11.3 Å². The molecule has 0 spiro atoms. The summed E-state index contributed by atoms with van der Waals surface area (Å²) in [6.45, 7) is 5.34. The van der Waals surface area contributed by atoms with Crippen LogP contribution in [0.1, 0.15) is 26.7 Å². The molecule has 0 aliphatic carbocycles.